The van der Waals surface area contributed by atoms with Gasteiger partial charge in [-0.15, -0.1) is 0 Å². The van der Waals surface area contributed by atoms with Crippen LogP contribution in [0.4, 0.5) is 5.69 Å². The Balaban J connectivity index is 1.99. The van der Waals surface area contributed by atoms with Crippen molar-refractivity contribution in [3.05, 3.63) is 54.0 Å². The minimum Gasteiger partial charge on any atom is -0.459 e. The number of carbonyl (C=O) groups is 4. The first-order chi connectivity index (χ1) is 13.7. The fourth-order valence-corrected chi connectivity index (χ4v) is 2.48. The van der Waals surface area contributed by atoms with Crippen LogP contribution in [0.3, 0.4) is 0 Å². The van der Waals surface area contributed by atoms with E-state index in [1.54, 1.807) is 38.1 Å². The van der Waals surface area contributed by atoms with Gasteiger partial charge in [-0.25, -0.2) is 4.79 Å². The van der Waals surface area contributed by atoms with Crippen molar-refractivity contribution in [3.8, 4) is 0 Å². The molecule has 0 bridgehead atoms. The molecule has 29 heavy (non-hydrogen) atoms. The number of esters is 1. The number of amides is 2. The van der Waals surface area contributed by atoms with Gasteiger partial charge in [0.2, 0.25) is 0 Å². The van der Waals surface area contributed by atoms with Crippen molar-refractivity contribution in [2.45, 2.75) is 39.8 Å². The van der Waals surface area contributed by atoms with Crippen molar-refractivity contribution < 1.29 is 28.3 Å². The number of ketones is 1. The van der Waals surface area contributed by atoms with Crippen molar-refractivity contribution in [2.75, 3.05) is 5.32 Å². The Bertz CT molecular complexity index is 888. The maximum atomic E-state index is 12.5. The Kier molecular flexibility index (Phi) is 7.30. The van der Waals surface area contributed by atoms with Crippen LogP contribution in [0.15, 0.2) is 47.1 Å². The molecule has 2 atom stereocenters. The molecule has 8 nitrogen and oxygen atoms in total. The Morgan fingerprint density at radius 1 is 1.03 bits per heavy atom. The summed E-state index contributed by atoms with van der Waals surface area (Å²) in [5.41, 5.74) is 0.866. The zero-order valence-corrected chi connectivity index (χ0v) is 16.7. The van der Waals surface area contributed by atoms with Gasteiger partial charge in [-0.05, 0) is 44.0 Å². The Labute approximate surface area is 168 Å². The van der Waals surface area contributed by atoms with E-state index in [4.69, 9.17) is 9.15 Å². The maximum Gasteiger partial charge on any atom is 0.329 e. The predicted molar refractivity (Wildman–Crippen MR) is 105 cm³/mol. The molecule has 0 aliphatic carbocycles. The van der Waals surface area contributed by atoms with Gasteiger partial charge in [0.25, 0.3) is 11.8 Å². The molecular weight excluding hydrogens is 376 g/mol. The Morgan fingerprint density at radius 3 is 2.34 bits per heavy atom. The molecule has 154 valence electrons. The molecule has 2 aromatic rings. The third-order valence-corrected chi connectivity index (χ3v) is 4.15. The van der Waals surface area contributed by atoms with Crippen molar-refractivity contribution in [1.29, 1.82) is 0 Å². The molecule has 0 radical (unpaired) electrons. The molecule has 8 heteroatoms. The summed E-state index contributed by atoms with van der Waals surface area (Å²) < 4.78 is 10.3. The van der Waals surface area contributed by atoms with Crippen LogP contribution < -0.4 is 10.6 Å². The lowest BCUT2D eigenvalue weighted by Crippen LogP contribution is -2.47. The summed E-state index contributed by atoms with van der Waals surface area (Å²) in [4.78, 5) is 48.5. The smallest absolute Gasteiger partial charge is 0.329 e. The minimum absolute atomic E-state index is 0.0691. The van der Waals surface area contributed by atoms with E-state index < -0.39 is 29.9 Å². The lowest BCUT2D eigenvalue weighted by molar-refractivity contribution is -0.156. The summed E-state index contributed by atoms with van der Waals surface area (Å²) in [6.45, 7) is 6.33. The first-order valence-corrected chi connectivity index (χ1v) is 9.15. The average Bonchev–Trinajstić information content (AvgIpc) is 3.20. The quantitative estimate of drug-likeness (QED) is 0.520. The molecule has 0 spiro atoms. The van der Waals surface area contributed by atoms with Crippen molar-refractivity contribution in [1.82, 2.24) is 5.32 Å². The van der Waals surface area contributed by atoms with Crippen LogP contribution in [-0.4, -0.2) is 35.7 Å². The average molecular weight is 400 g/mol. The number of benzene rings is 1. The number of furan rings is 1. The van der Waals surface area contributed by atoms with E-state index in [-0.39, 0.29) is 17.5 Å². The number of anilines is 1. The molecule has 1 aromatic heterocycles. The Hall–Kier alpha value is -3.42. The standard InChI is InChI=1S/C21H24N2O6/c1-12(2)18(23-20(26)17-9-6-10-28-17)21(27)29-14(4)19(25)22-16-8-5-7-15(11-16)13(3)24/h5-12,14,18H,1-4H3,(H,22,25)(H,23,26)/t14-,18+/m1/s1. The van der Waals surface area contributed by atoms with Crippen LogP contribution >= 0.6 is 0 Å². The van der Waals surface area contributed by atoms with Crippen molar-refractivity contribution >= 4 is 29.3 Å². The Morgan fingerprint density at radius 2 is 1.76 bits per heavy atom. The summed E-state index contributed by atoms with van der Waals surface area (Å²) in [6.07, 6.45) is 0.246. The van der Waals surface area contributed by atoms with Gasteiger partial charge in [-0.3, -0.25) is 14.4 Å². The molecule has 1 heterocycles. The van der Waals surface area contributed by atoms with Crippen LogP contribution in [-0.2, 0) is 14.3 Å². The molecule has 0 fully saturated rings. The number of hydrogen-bond donors (Lipinski definition) is 2. The highest BCUT2D eigenvalue weighted by Crippen LogP contribution is 2.13. The van der Waals surface area contributed by atoms with E-state index in [0.29, 0.717) is 11.3 Å². The van der Waals surface area contributed by atoms with Gasteiger partial charge < -0.3 is 19.8 Å². The molecule has 2 amide bonds. The van der Waals surface area contributed by atoms with Crippen LogP contribution in [0.25, 0.3) is 0 Å². The number of hydrogen-bond acceptors (Lipinski definition) is 6. The summed E-state index contributed by atoms with van der Waals surface area (Å²) in [5.74, 6) is -2.18. The van der Waals surface area contributed by atoms with E-state index >= 15 is 0 Å². The van der Waals surface area contributed by atoms with Gasteiger partial charge in [0.15, 0.2) is 17.6 Å². The number of carbonyl (C=O) groups excluding carboxylic acids is 4. The molecule has 2 rings (SSSR count). The van der Waals surface area contributed by atoms with Crippen LogP contribution in [0, 0.1) is 5.92 Å². The van der Waals surface area contributed by atoms with E-state index in [2.05, 4.69) is 10.6 Å². The second-order valence-electron chi connectivity index (χ2n) is 6.88. The molecule has 0 unspecified atom stereocenters. The van der Waals surface area contributed by atoms with Gasteiger partial charge >= 0.3 is 5.97 Å². The summed E-state index contributed by atoms with van der Waals surface area (Å²) in [7, 11) is 0. The van der Waals surface area contributed by atoms with Gasteiger partial charge in [0, 0.05) is 11.3 Å². The molecule has 0 saturated heterocycles. The highest BCUT2D eigenvalue weighted by Gasteiger charge is 2.29. The molecular formula is C21H24N2O6. The number of ether oxygens (including phenoxy) is 1. The lowest BCUT2D eigenvalue weighted by Gasteiger charge is -2.22. The number of nitrogens with one attached hydrogen (secondary N) is 2. The zero-order valence-electron chi connectivity index (χ0n) is 16.7. The highest BCUT2D eigenvalue weighted by atomic mass is 16.5. The summed E-state index contributed by atoms with van der Waals surface area (Å²) in [5, 5.41) is 5.16. The molecule has 0 aliphatic heterocycles. The largest absolute Gasteiger partial charge is 0.459 e. The van der Waals surface area contributed by atoms with Crippen molar-refractivity contribution in [2.24, 2.45) is 5.92 Å². The van der Waals surface area contributed by atoms with Crippen LogP contribution in [0.2, 0.25) is 0 Å². The van der Waals surface area contributed by atoms with E-state index in [0.717, 1.165) is 0 Å². The summed E-state index contributed by atoms with van der Waals surface area (Å²) in [6, 6.07) is 8.52. The lowest BCUT2D eigenvalue weighted by atomic mass is 10.0. The first kappa shape index (κ1) is 21.9. The summed E-state index contributed by atoms with van der Waals surface area (Å²) >= 11 is 0. The van der Waals surface area contributed by atoms with Gasteiger partial charge in [-0.2, -0.15) is 0 Å². The van der Waals surface area contributed by atoms with Crippen LogP contribution in [0.1, 0.15) is 48.6 Å². The second-order valence-corrected chi connectivity index (χ2v) is 6.88. The predicted octanol–water partition coefficient (Wildman–Crippen LogP) is 2.81. The molecule has 0 aliphatic rings. The number of Topliss-reactive ketones (excluding diaryl/α,β-unsaturated/α-hetero) is 1. The van der Waals surface area contributed by atoms with Crippen LogP contribution in [0.5, 0.6) is 0 Å². The van der Waals surface area contributed by atoms with Gasteiger partial charge in [-0.1, -0.05) is 26.0 Å². The van der Waals surface area contributed by atoms with Gasteiger partial charge in [0.1, 0.15) is 6.04 Å². The van der Waals surface area contributed by atoms with E-state index in [1.165, 1.54) is 32.2 Å². The SMILES string of the molecule is CC(=O)c1cccc(NC(=O)[C@@H](C)OC(=O)[C@@H](NC(=O)c2ccco2)C(C)C)c1. The molecule has 1 aromatic carbocycles. The third-order valence-electron chi connectivity index (χ3n) is 4.15. The third kappa shape index (κ3) is 6.03. The zero-order chi connectivity index (χ0) is 21.6. The first-order valence-electron chi connectivity index (χ1n) is 9.15. The maximum absolute atomic E-state index is 12.5. The van der Waals surface area contributed by atoms with Crippen molar-refractivity contribution in [3.63, 3.8) is 0 Å². The van der Waals surface area contributed by atoms with E-state index in [9.17, 15) is 19.2 Å². The minimum atomic E-state index is -1.11. The fraction of sp³-hybridized carbons (Fsp3) is 0.333. The monoisotopic (exact) mass is 400 g/mol. The molecule has 0 saturated carbocycles. The highest BCUT2D eigenvalue weighted by molar-refractivity contribution is 5.99. The van der Waals surface area contributed by atoms with E-state index in [1.807, 2.05) is 0 Å². The number of rotatable bonds is 8. The van der Waals surface area contributed by atoms with Gasteiger partial charge in [0.05, 0.1) is 6.26 Å². The second kappa shape index (κ2) is 9.68. The topological polar surface area (TPSA) is 115 Å². The fourth-order valence-electron chi connectivity index (χ4n) is 2.48. The normalized spacial score (nSPS) is 12.7. The molecule has 2 N–H and O–H groups in total.